The Bertz CT molecular complexity index is 824. The standard InChI is InChI=1S/C18H17N3O3S/c1-2-19-18(25)16(21-8-4-3-5-9-21)17(23)12-6-7-14-13(10-12)20-15(22)11-24-14/h3-10,16H,2,11H2,1H3,(H-,19,20,22,25)/p+1. The van der Waals surface area contributed by atoms with Crippen LogP contribution in [0.25, 0.3) is 0 Å². The van der Waals surface area contributed by atoms with Crippen LogP contribution >= 0.6 is 12.2 Å². The fourth-order valence-electron chi connectivity index (χ4n) is 2.64. The van der Waals surface area contributed by atoms with Crippen molar-refractivity contribution in [1.82, 2.24) is 5.32 Å². The lowest BCUT2D eigenvalue weighted by Crippen LogP contribution is -2.51. The number of Topliss-reactive ketones (excluding diaryl/α,β-unsaturated/α-hetero) is 1. The molecule has 0 saturated heterocycles. The number of ketones is 1. The van der Waals surface area contributed by atoms with E-state index in [1.165, 1.54) is 0 Å². The van der Waals surface area contributed by atoms with Crippen LogP contribution in [0.15, 0.2) is 48.8 Å². The van der Waals surface area contributed by atoms with Crippen molar-refractivity contribution in [2.45, 2.75) is 13.0 Å². The molecule has 0 aliphatic carbocycles. The summed E-state index contributed by atoms with van der Waals surface area (Å²) in [5, 5.41) is 5.78. The molecule has 25 heavy (non-hydrogen) atoms. The first kappa shape index (κ1) is 17.0. The van der Waals surface area contributed by atoms with E-state index in [1.807, 2.05) is 25.1 Å². The molecule has 1 aromatic heterocycles. The van der Waals surface area contributed by atoms with Crippen LogP contribution in [0.2, 0.25) is 0 Å². The van der Waals surface area contributed by atoms with Crippen molar-refractivity contribution in [2.75, 3.05) is 18.5 Å². The third-order valence-electron chi connectivity index (χ3n) is 3.78. The van der Waals surface area contributed by atoms with Crippen LogP contribution in [-0.4, -0.2) is 29.8 Å². The van der Waals surface area contributed by atoms with E-state index in [0.29, 0.717) is 28.5 Å². The van der Waals surface area contributed by atoms with E-state index >= 15 is 0 Å². The maximum absolute atomic E-state index is 13.1. The Morgan fingerprint density at radius 1 is 1.36 bits per heavy atom. The minimum atomic E-state index is -0.658. The number of likely N-dealkylation sites (N-methyl/N-ethyl adjacent to an activating group) is 1. The molecule has 1 aromatic carbocycles. The quantitative estimate of drug-likeness (QED) is 0.484. The van der Waals surface area contributed by atoms with Crippen molar-refractivity contribution < 1.29 is 18.9 Å². The molecule has 1 aliphatic heterocycles. The number of nitrogens with one attached hydrogen (secondary N) is 2. The van der Waals surface area contributed by atoms with Gasteiger partial charge in [0.25, 0.3) is 11.9 Å². The normalized spacial score (nSPS) is 13.9. The highest BCUT2D eigenvalue weighted by Crippen LogP contribution is 2.29. The number of amides is 1. The van der Waals surface area contributed by atoms with Crippen LogP contribution in [0.5, 0.6) is 5.75 Å². The lowest BCUT2D eigenvalue weighted by Gasteiger charge is -2.19. The highest BCUT2D eigenvalue weighted by molar-refractivity contribution is 7.80. The molecule has 0 radical (unpaired) electrons. The van der Waals surface area contributed by atoms with Gasteiger partial charge in [-0.25, -0.2) is 0 Å². The fourth-order valence-corrected chi connectivity index (χ4v) is 3.01. The van der Waals surface area contributed by atoms with Gasteiger partial charge in [-0.3, -0.25) is 9.59 Å². The zero-order valence-corrected chi connectivity index (χ0v) is 14.5. The van der Waals surface area contributed by atoms with Crippen molar-refractivity contribution >= 4 is 34.6 Å². The van der Waals surface area contributed by atoms with Gasteiger partial charge < -0.3 is 15.4 Å². The first-order chi connectivity index (χ1) is 12.1. The first-order valence-corrected chi connectivity index (χ1v) is 8.35. The molecular formula is C18H18N3O3S+. The average molecular weight is 356 g/mol. The smallest absolute Gasteiger partial charge is 0.270 e. The Kier molecular flexibility index (Phi) is 5.04. The van der Waals surface area contributed by atoms with Crippen molar-refractivity contribution in [3.8, 4) is 5.75 Å². The molecular weight excluding hydrogens is 338 g/mol. The second kappa shape index (κ2) is 7.40. The van der Waals surface area contributed by atoms with Gasteiger partial charge >= 0.3 is 0 Å². The van der Waals surface area contributed by atoms with Gasteiger partial charge in [0.15, 0.2) is 24.0 Å². The zero-order chi connectivity index (χ0) is 17.8. The van der Waals surface area contributed by atoms with Crippen molar-refractivity contribution in [2.24, 2.45) is 0 Å². The van der Waals surface area contributed by atoms with Gasteiger partial charge in [-0.05, 0) is 25.1 Å². The molecule has 2 N–H and O–H groups in total. The molecule has 1 aliphatic rings. The van der Waals surface area contributed by atoms with E-state index in [2.05, 4.69) is 10.6 Å². The minimum absolute atomic E-state index is 0.0205. The number of anilines is 1. The molecule has 2 heterocycles. The molecule has 7 heteroatoms. The Labute approximate surface area is 150 Å². The summed E-state index contributed by atoms with van der Waals surface area (Å²) in [5.74, 6) is 0.147. The van der Waals surface area contributed by atoms with Crippen LogP contribution in [0.1, 0.15) is 23.3 Å². The summed E-state index contributed by atoms with van der Waals surface area (Å²) >= 11 is 5.43. The van der Waals surface area contributed by atoms with Crippen LogP contribution < -0.4 is 19.9 Å². The summed E-state index contributed by atoms with van der Waals surface area (Å²) in [6.07, 6.45) is 3.60. The molecule has 0 spiro atoms. The number of pyridine rings is 1. The van der Waals surface area contributed by atoms with Crippen LogP contribution in [0, 0.1) is 0 Å². The first-order valence-electron chi connectivity index (χ1n) is 7.94. The van der Waals surface area contributed by atoms with Gasteiger partial charge in [0.2, 0.25) is 5.78 Å². The molecule has 2 aromatic rings. The Balaban J connectivity index is 1.96. The SMILES string of the molecule is CCNC(=S)C(C(=O)c1ccc2c(c1)NC(=O)CO2)[n+]1ccccc1. The van der Waals surface area contributed by atoms with Gasteiger partial charge in [0.1, 0.15) is 5.75 Å². The Morgan fingerprint density at radius 3 is 2.84 bits per heavy atom. The topological polar surface area (TPSA) is 71.3 Å². The highest BCUT2D eigenvalue weighted by Gasteiger charge is 2.33. The monoisotopic (exact) mass is 356 g/mol. The molecule has 1 unspecified atom stereocenters. The second-order valence-electron chi connectivity index (χ2n) is 5.53. The fraction of sp³-hybridized carbons (Fsp3) is 0.222. The minimum Gasteiger partial charge on any atom is -0.482 e. The van der Waals surface area contributed by atoms with Crippen molar-refractivity contribution in [1.29, 1.82) is 0 Å². The maximum Gasteiger partial charge on any atom is 0.270 e. The second-order valence-corrected chi connectivity index (χ2v) is 5.97. The predicted molar refractivity (Wildman–Crippen MR) is 96.8 cm³/mol. The van der Waals surface area contributed by atoms with E-state index < -0.39 is 6.04 Å². The molecule has 1 amide bonds. The molecule has 0 fully saturated rings. The number of hydrogen-bond donors (Lipinski definition) is 2. The number of aromatic nitrogens is 1. The van der Waals surface area contributed by atoms with Gasteiger partial charge in [0, 0.05) is 24.2 Å². The van der Waals surface area contributed by atoms with E-state index in [-0.39, 0.29) is 18.3 Å². The summed E-state index contributed by atoms with van der Waals surface area (Å²) < 4.78 is 7.10. The molecule has 1 atom stereocenters. The van der Waals surface area contributed by atoms with E-state index in [1.54, 1.807) is 35.2 Å². The van der Waals surface area contributed by atoms with Crippen LogP contribution in [0.3, 0.4) is 0 Å². The van der Waals surface area contributed by atoms with E-state index in [9.17, 15) is 9.59 Å². The van der Waals surface area contributed by atoms with Crippen molar-refractivity contribution in [3.05, 3.63) is 54.4 Å². The number of fused-ring (bicyclic) bond motifs is 1. The van der Waals surface area contributed by atoms with Gasteiger partial charge in [-0.1, -0.05) is 18.3 Å². The zero-order valence-electron chi connectivity index (χ0n) is 13.7. The molecule has 6 nitrogen and oxygen atoms in total. The third-order valence-corrected chi connectivity index (χ3v) is 4.15. The molecule has 128 valence electrons. The summed E-state index contributed by atoms with van der Waals surface area (Å²) in [6.45, 7) is 2.53. The third kappa shape index (κ3) is 3.66. The number of carbonyl (C=O) groups excluding carboxylic acids is 2. The Morgan fingerprint density at radius 2 is 2.12 bits per heavy atom. The molecule has 0 saturated carbocycles. The van der Waals surface area contributed by atoms with Crippen LogP contribution in [-0.2, 0) is 4.79 Å². The largest absolute Gasteiger partial charge is 0.482 e. The number of carbonyl (C=O) groups is 2. The summed E-state index contributed by atoms with van der Waals surface area (Å²) in [7, 11) is 0. The summed E-state index contributed by atoms with van der Waals surface area (Å²) in [6, 6.07) is 9.90. The van der Waals surface area contributed by atoms with Gasteiger partial charge in [-0.15, -0.1) is 0 Å². The van der Waals surface area contributed by atoms with Gasteiger partial charge in [-0.2, -0.15) is 4.57 Å². The van der Waals surface area contributed by atoms with E-state index in [4.69, 9.17) is 17.0 Å². The van der Waals surface area contributed by atoms with Crippen molar-refractivity contribution in [3.63, 3.8) is 0 Å². The number of benzene rings is 1. The molecule has 0 bridgehead atoms. The number of rotatable bonds is 5. The lowest BCUT2D eigenvalue weighted by atomic mass is 10.0. The van der Waals surface area contributed by atoms with Gasteiger partial charge in [0.05, 0.1) is 5.69 Å². The van der Waals surface area contributed by atoms with Crippen LogP contribution in [0.4, 0.5) is 5.69 Å². The van der Waals surface area contributed by atoms with E-state index in [0.717, 1.165) is 0 Å². The Hall–Kier alpha value is -2.80. The summed E-state index contributed by atoms with van der Waals surface area (Å²) in [4.78, 5) is 25.1. The number of ether oxygens (including phenoxy) is 1. The lowest BCUT2D eigenvalue weighted by molar-refractivity contribution is -0.692. The number of nitrogens with zero attached hydrogens (tertiary/aromatic N) is 1. The average Bonchev–Trinajstić information content (AvgIpc) is 2.62. The predicted octanol–water partition coefficient (Wildman–Crippen LogP) is 1.67. The number of hydrogen-bond acceptors (Lipinski definition) is 4. The number of thiocarbonyl (C=S) groups is 1. The molecule has 3 rings (SSSR count). The maximum atomic E-state index is 13.1. The highest BCUT2D eigenvalue weighted by atomic mass is 32.1. The summed E-state index contributed by atoms with van der Waals surface area (Å²) in [5.41, 5.74) is 0.944.